The highest BCUT2D eigenvalue weighted by molar-refractivity contribution is 7.99. The summed E-state index contributed by atoms with van der Waals surface area (Å²) in [6.07, 6.45) is 1.38. The van der Waals surface area contributed by atoms with Crippen molar-refractivity contribution in [2.24, 2.45) is 0 Å². The maximum absolute atomic E-state index is 10.7. The summed E-state index contributed by atoms with van der Waals surface area (Å²) in [5.41, 5.74) is 5.78. The summed E-state index contributed by atoms with van der Waals surface area (Å²) in [5.74, 6) is -1.02. The first-order chi connectivity index (χ1) is 6.50. The monoisotopic (exact) mass is 212 g/mol. The summed E-state index contributed by atoms with van der Waals surface area (Å²) in [6.45, 7) is 4.03. The number of carboxylic acids is 1. The van der Waals surface area contributed by atoms with Crippen LogP contribution < -0.4 is 5.73 Å². The van der Waals surface area contributed by atoms with Crippen LogP contribution in [0.5, 0.6) is 0 Å². The van der Waals surface area contributed by atoms with Crippen LogP contribution in [0.3, 0.4) is 0 Å². The molecular formula is C9H12N2O2S. The molecule has 0 aliphatic rings. The van der Waals surface area contributed by atoms with Gasteiger partial charge in [-0.15, -0.1) is 11.8 Å². The highest BCUT2D eigenvalue weighted by Crippen LogP contribution is 2.23. The van der Waals surface area contributed by atoms with Crippen LogP contribution in [0.15, 0.2) is 17.3 Å². The van der Waals surface area contributed by atoms with Gasteiger partial charge in [0.2, 0.25) is 0 Å². The van der Waals surface area contributed by atoms with E-state index >= 15 is 0 Å². The standard InChI is InChI=1S/C9H12N2O2S/c1-5(2)14-8-3-6(9(12)13)7(10)4-11-8/h3-5H,10H2,1-2H3,(H,12,13). The Hall–Kier alpha value is -1.23. The third kappa shape index (κ3) is 2.63. The van der Waals surface area contributed by atoms with Gasteiger partial charge in [-0.3, -0.25) is 0 Å². The van der Waals surface area contributed by atoms with Gasteiger partial charge in [-0.2, -0.15) is 0 Å². The van der Waals surface area contributed by atoms with E-state index in [4.69, 9.17) is 10.8 Å². The number of hydrogen-bond donors (Lipinski definition) is 2. The SMILES string of the molecule is CC(C)Sc1cc(C(=O)O)c(N)cn1. The van der Waals surface area contributed by atoms with Gasteiger partial charge in [0, 0.05) is 5.25 Å². The predicted octanol–water partition coefficient (Wildman–Crippen LogP) is 1.86. The van der Waals surface area contributed by atoms with Gasteiger partial charge >= 0.3 is 5.97 Å². The van der Waals surface area contributed by atoms with E-state index in [1.54, 1.807) is 0 Å². The number of nitrogens with two attached hydrogens (primary N) is 1. The Morgan fingerprint density at radius 3 is 2.79 bits per heavy atom. The first-order valence-electron chi connectivity index (χ1n) is 4.16. The second-order valence-electron chi connectivity index (χ2n) is 3.08. The summed E-state index contributed by atoms with van der Waals surface area (Å²) >= 11 is 1.51. The number of nitrogen functional groups attached to an aromatic ring is 1. The lowest BCUT2D eigenvalue weighted by Crippen LogP contribution is -2.04. The average Bonchev–Trinajstić information content (AvgIpc) is 2.07. The van der Waals surface area contributed by atoms with Gasteiger partial charge in [0.1, 0.15) is 0 Å². The lowest BCUT2D eigenvalue weighted by molar-refractivity contribution is 0.0697. The molecule has 1 rings (SSSR count). The molecule has 1 aromatic rings. The minimum Gasteiger partial charge on any atom is -0.478 e. The molecule has 0 saturated heterocycles. The minimum atomic E-state index is -1.02. The molecule has 3 N–H and O–H groups in total. The molecule has 0 aromatic carbocycles. The second kappa shape index (κ2) is 4.32. The van der Waals surface area contributed by atoms with Crippen LogP contribution in [0, 0.1) is 0 Å². The number of hydrogen-bond acceptors (Lipinski definition) is 4. The first kappa shape index (κ1) is 10.8. The molecule has 0 unspecified atom stereocenters. The third-order valence-corrected chi connectivity index (χ3v) is 2.43. The highest BCUT2D eigenvalue weighted by atomic mass is 32.2. The fourth-order valence-electron chi connectivity index (χ4n) is 0.938. The summed E-state index contributed by atoms with van der Waals surface area (Å²) in [7, 11) is 0. The molecule has 0 saturated carbocycles. The summed E-state index contributed by atoms with van der Waals surface area (Å²) in [6, 6.07) is 1.50. The van der Waals surface area contributed by atoms with Crippen molar-refractivity contribution in [1.29, 1.82) is 0 Å². The summed E-state index contributed by atoms with van der Waals surface area (Å²) < 4.78 is 0. The molecule has 5 heteroatoms. The normalized spacial score (nSPS) is 10.5. The van der Waals surface area contributed by atoms with Gasteiger partial charge in [-0.1, -0.05) is 13.8 Å². The Morgan fingerprint density at radius 2 is 2.29 bits per heavy atom. The molecule has 76 valence electrons. The van der Waals surface area contributed by atoms with Crippen LogP contribution in [0.4, 0.5) is 5.69 Å². The Kier molecular flexibility index (Phi) is 3.35. The van der Waals surface area contributed by atoms with Gasteiger partial charge in [-0.05, 0) is 6.07 Å². The zero-order valence-electron chi connectivity index (χ0n) is 8.02. The molecule has 1 aromatic heterocycles. The highest BCUT2D eigenvalue weighted by Gasteiger charge is 2.10. The van der Waals surface area contributed by atoms with Gasteiger partial charge in [0.05, 0.1) is 22.5 Å². The molecule has 0 atom stereocenters. The molecule has 1 heterocycles. The maximum Gasteiger partial charge on any atom is 0.337 e. The number of pyridine rings is 1. The predicted molar refractivity (Wildman–Crippen MR) is 56.6 cm³/mol. The second-order valence-corrected chi connectivity index (χ2v) is 4.68. The van der Waals surface area contributed by atoms with Crippen LogP contribution in [-0.4, -0.2) is 21.3 Å². The van der Waals surface area contributed by atoms with E-state index in [1.807, 2.05) is 13.8 Å². The van der Waals surface area contributed by atoms with E-state index in [2.05, 4.69) is 4.98 Å². The smallest absolute Gasteiger partial charge is 0.337 e. The first-order valence-corrected chi connectivity index (χ1v) is 5.04. The van der Waals surface area contributed by atoms with E-state index in [0.29, 0.717) is 10.3 Å². The van der Waals surface area contributed by atoms with Crippen molar-refractivity contribution < 1.29 is 9.90 Å². The van der Waals surface area contributed by atoms with E-state index in [-0.39, 0.29) is 11.3 Å². The van der Waals surface area contributed by atoms with Crippen molar-refractivity contribution >= 4 is 23.4 Å². The Labute approximate surface area is 86.5 Å². The van der Waals surface area contributed by atoms with Crippen LogP contribution in [0.1, 0.15) is 24.2 Å². The molecule has 0 spiro atoms. The van der Waals surface area contributed by atoms with Crippen LogP contribution in [-0.2, 0) is 0 Å². The van der Waals surface area contributed by atoms with Crippen LogP contribution >= 0.6 is 11.8 Å². The minimum absolute atomic E-state index is 0.114. The van der Waals surface area contributed by atoms with Crippen LogP contribution in [0.2, 0.25) is 0 Å². The van der Waals surface area contributed by atoms with Crippen molar-refractivity contribution in [3.8, 4) is 0 Å². The van der Waals surface area contributed by atoms with Crippen molar-refractivity contribution in [2.45, 2.75) is 24.1 Å². The molecule has 4 nitrogen and oxygen atoms in total. The Morgan fingerprint density at radius 1 is 1.64 bits per heavy atom. The number of carboxylic acid groups (broad SMARTS) is 1. The topological polar surface area (TPSA) is 76.2 Å². The van der Waals surface area contributed by atoms with Gasteiger partial charge in [0.25, 0.3) is 0 Å². The Balaban J connectivity index is 3.00. The maximum atomic E-state index is 10.7. The molecule has 0 radical (unpaired) electrons. The van der Waals surface area contributed by atoms with Crippen LogP contribution in [0.25, 0.3) is 0 Å². The number of nitrogens with zero attached hydrogens (tertiary/aromatic N) is 1. The molecule has 0 fully saturated rings. The number of rotatable bonds is 3. The molecule has 0 aliphatic carbocycles. The van der Waals surface area contributed by atoms with E-state index < -0.39 is 5.97 Å². The number of aromatic carboxylic acids is 1. The fourth-order valence-corrected chi connectivity index (χ4v) is 1.72. The average molecular weight is 212 g/mol. The lowest BCUT2D eigenvalue weighted by Gasteiger charge is -2.05. The fraction of sp³-hybridized carbons (Fsp3) is 0.333. The molecule has 14 heavy (non-hydrogen) atoms. The van der Waals surface area contributed by atoms with Gasteiger partial charge in [-0.25, -0.2) is 9.78 Å². The largest absolute Gasteiger partial charge is 0.478 e. The van der Waals surface area contributed by atoms with E-state index in [9.17, 15) is 4.79 Å². The molecule has 0 aliphatic heterocycles. The van der Waals surface area contributed by atoms with Gasteiger partial charge in [0.15, 0.2) is 0 Å². The number of carbonyl (C=O) groups is 1. The summed E-state index contributed by atoms with van der Waals surface area (Å²) in [5, 5.41) is 9.86. The lowest BCUT2D eigenvalue weighted by atomic mass is 10.2. The van der Waals surface area contributed by atoms with Crippen molar-refractivity contribution in [2.75, 3.05) is 5.73 Å². The Bertz CT molecular complexity index is 353. The molecule has 0 bridgehead atoms. The number of aromatic nitrogens is 1. The zero-order valence-corrected chi connectivity index (χ0v) is 8.84. The molecule has 0 amide bonds. The number of thioether (sulfide) groups is 1. The van der Waals surface area contributed by atoms with Crippen molar-refractivity contribution in [3.05, 3.63) is 17.8 Å². The number of anilines is 1. The zero-order chi connectivity index (χ0) is 10.7. The van der Waals surface area contributed by atoms with E-state index in [0.717, 1.165) is 0 Å². The van der Waals surface area contributed by atoms with E-state index in [1.165, 1.54) is 24.0 Å². The van der Waals surface area contributed by atoms with Crippen molar-refractivity contribution in [1.82, 2.24) is 4.98 Å². The van der Waals surface area contributed by atoms with Crippen molar-refractivity contribution in [3.63, 3.8) is 0 Å². The quantitative estimate of drug-likeness (QED) is 0.748. The molecular weight excluding hydrogens is 200 g/mol. The van der Waals surface area contributed by atoms with Gasteiger partial charge < -0.3 is 10.8 Å². The summed E-state index contributed by atoms with van der Waals surface area (Å²) in [4.78, 5) is 14.8. The third-order valence-electron chi connectivity index (χ3n) is 1.50.